The van der Waals surface area contributed by atoms with Gasteiger partial charge < -0.3 is 4.74 Å². The van der Waals surface area contributed by atoms with Crippen LogP contribution >= 0.6 is 15.9 Å². The largest absolute Gasteiger partial charge is 0.489 e. The Morgan fingerprint density at radius 2 is 1.71 bits per heavy atom. The molecular weight excluding hydrogens is 276 g/mol. The quantitative estimate of drug-likeness (QED) is 0.800. The molecular formula is C15H15BrO. The summed E-state index contributed by atoms with van der Waals surface area (Å²) in [5.74, 6) is 0.913. The third kappa shape index (κ3) is 3.34. The van der Waals surface area contributed by atoms with Gasteiger partial charge >= 0.3 is 0 Å². The van der Waals surface area contributed by atoms with Crippen LogP contribution in [0.3, 0.4) is 0 Å². The molecule has 0 heterocycles. The van der Waals surface area contributed by atoms with E-state index in [0.29, 0.717) is 6.61 Å². The zero-order valence-electron chi connectivity index (χ0n) is 10.0. The summed E-state index contributed by atoms with van der Waals surface area (Å²) < 4.78 is 6.86. The van der Waals surface area contributed by atoms with Gasteiger partial charge in [0.15, 0.2) is 0 Å². The molecule has 2 heteroatoms. The van der Waals surface area contributed by atoms with Gasteiger partial charge in [-0.2, -0.15) is 0 Å². The summed E-state index contributed by atoms with van der Waals surface area (Å²) in [5.41, 5.74) is 3.66. The summed E-state index contributed by atoms with van der Waals surface area (Å²) in [7, 11) is 0. The number of hydrogen-bond donors (Lipinski definition) is 0. The lowest BCUT2D eigenvalue weighted by molar-refractivity contribution is 0.306. The van der Waals surface area contributed by atoms with Crippen molar-refractivity contribution in [2.75, 3.05) is 0 Å². The number of halogens is 1. The fraction of sp³-hybridized carbons (Fsp3) is 0.200. The first-order valence-electron chi connectivity index (χ1n) is 5.59. The van der Waals surface area contributed by atoms with E-state index < -0.39 is 0 Å². The van der Waals surface area contributed by atoms with Gasteiger partial charge in [0, 0.05) is 4.47 Å². The Balaban J connectivity index is 2.02. The predicted octanol–water partition coefficient (Wildman–Crippen LogP) is 4.64. The molecule has 17 heavy (non-hydrogen) atoms. The Bertz CT molecular complexity index is 503. The van der Waals surface area contributed by atoms with Crippen LogP contribution in [0.1, 0.15) is 16.7 Å². The zero-order chi connectivity index (χ0) is 12.3. The van der Waals surface area contributed by atoms with E-state index in [1.807, 2.05) is 12.1 Å². The van der Waals surface area contributed by atoms with Crippen LogP contribution in [0.4, 0.5) is 0 Å². The SMILES string of the molecule is Cc1ccc(OCc2ccc(Br)c(C)c2)cc1. The molecule has 1 nitrogen and oxygen atoms in total. The average molecular weight is 291 g/mol. The lowest BCUT2D eigenvalue weighted by atomic mass is 10.1. The molecule has 0 atom stereocenters. The minimum atomic E-state index is 0.608. The van der Waals surface area contributed by atoms with Gasteiger partial charge in [-0.05, 0) is 43.2 Å². The summed E-state index contributed by atoms with van der Waals surface area (Å²) >= 11 is 3.49. The van der Waals surface area contributed by atoms with Gasteiger partial charge in [-0.25, -0.2) is 0 Å². The first-order chi connectivity index (χ1) is 8.15. The van der Waals surface area contributed by atoms with E-state index in [9.17, 15) is 0 Å². The van der Waals surface area contributed by atoms with Crippen molar-refractivity contribution in [1.29, 1.82) is 0 Å². The minimum Gasteiger partial charge on any atom is -0.489 e. The molecule has 0 unspecified atom stereocenters. The van der Waals surface area contributed by atoms with Crippen molar-refractivity contribution in [1.82, 2.24) is 0 Å². The van der Waals surface area contributed by atoms with E-state index in [2.05, 4.69) is 60.1 Å². The Kier molecular flexibility index (Phi) is 3.85. The van der Waals surface area contributed by atoms with E-state index in [1.165, 1.54) is 16.7 Å². The highest BCUT2D eigenvalue weighted by atomic mass is 79.9. The highest BCUT2D eigenvalue weighted by Crippen LogP contribution is 2.19. The Morgan fingerprint density at radius 3 is 2.35 bits per heavy atom. The molecule has 0 aliphatic carbocycles. The topological polar surface area (TPSA) is 9.23 Å². The molecule has 0 radical (unpaired) electrons. The van der Waals surface area contributed by atoms with Gasteiger partial charge in [0.05, 0.1) is 0 Å². The molecule has 0 aliphatic rings. The molecule has 2 aromatic carbocycles. The van der Waals surface area contributed by atoms with Crippen LogP contribution in [-0.2, 0) is 6.61 Å². The number of hydrogen-bond acceptors (Lipinski definition) is 1. The van der Waals surface area contributed by atoms with Gasteiger partial charge in [0.1, 0.15) is 12.4 Å². The van der Waals surface area contributed by atoms with Gasteiger partial charge in [0.2, 0.25) is 0 Å². The van der Waals surface area contributed by atoms with Crippen LogP contribution < -0.4 is 4.74 Å². The minimum absolute atomic E-state index is 0.608. The van der Waals surface area contributed by atoms with Crippen molar-refractivity contribution in [2.24, 2.45) is 0 Å². The molecule has 0 aliphatic heterocycles. The molecule has 0 N–H and O–H groups in total. The summed E-state index contributed by atoms with van der Waals surface area (Å²) in [6, 6.07) is 14.4. The van der Waals surface area contributed by atoms with Crippen molar-refractivity contribution in [3.63, 3.8) is 0 Å². The highest BCUT2D eigenvalue weighted by Gasteiger charge is 1.99. The second kappa shape index (κ2) is 5.37. The summed E-state index contributed by atoms with van der Waals surface area (Å²) in [4.78, 5) is 0. The zero-order valence-corrected chi connectivity index (χ0v) is 11.6. The monoisotopic (exact) mass is 290 g/mol. The third-order valence-corrected chi connectivity index (χ3v) is 3.54. The van der Waals surface area contributed by atoms with Gasteiger partial charge in [0.25, 0.3) is 0 Å². The molecule has 0 fully saturated rings. The van der Waals surface area contributed by atoms with Gasteiger partial charge in [-0.15, -0.1) is 0 Å². The van der Waals surface area contributed by atoms with Crippen molar-refractivity contribution in [3.05, 3.63) is 63.6 Å². The fourth-order valence-corrected chi connectivity index (χ4v) is 1.84. The molecule has 0 spiro atoms. The number of rotatable bonds is 3. The lowest BCUT2D eigenvalue weighted by Gasteiger charge is -2.08. The molecule has 0 saturated heterocycles. The summed E-state index contributed by atoms with van der Waals surface area (Å²) in [6.45, 7) is 4.76. The van der Waals surface area contributed by atoms with E-state index in [1.54, 1.807) is 0 Å². The van der Waals surface area contributed by atoms with E-state index >= 15 is 0 Å². The number of aryl methyl sites for hydroxylation is 2. The lowest BCUT2D eigenvalue weighted by Crippen LogP contribution is -1.95. The first-order valence-corrected chi connectivity index (χ1v) is 6.39. The van der Waals surface area contributed by atoms with Crippen molar-refractivity contribution in [3.8, 4) is 5.75 Å². The summed E-state index contributed by atoms with van der Waals surface area (Å²) in [6.07, 6.45) is 0. The molecule has 0 bridgehead atoms. The smallest absolute Gasteiger partial charge is 0.119 e. The number of ether oxygens (including phenoxy) is 1. The fourth-order valence-electron chi connectivity index (χ4n) is 1.60. The van der Waals surface area contributed by atoms with Crippen LogP contribution in [0, 0.1) is 13.8 Å². The highest BCUT2D eigenvalue weighted by molar-refractivity contribution is 9.10. The van der Waals surface area contributed by atoms with Crippen molar-refractivity contribution in [2.45, 2.75) is 20.5 Å². The van der Waals surface area contributed by atoms with Crippen LogP contribution in [0.5, 0.6) is 5.75 Å². The number of benzene rings is 2. The van der Waals surface area contributed by atoms with Crippen LogP contribution in [0.2, 0.25) is 0 Å². The summed E-state index contributed by atoms with van der Waals surface area (Å²) in [5, 5.41) is 0. The van der Waals surface area contributed by atoms with E-state index in [4.69, 9.17) is 4.74 Å². The van der Waals surface area contributed by atoms with Gasteiger partial charge in [-0.3, -0.25) is 0 Å². The standard InChI is InChI=1S/C15H15BrO/c1-11-3-6-14(7-4-11)17-10-13-5-8-15(16)12(2)9-13/h3-9H,10H2,1-2H3. The maximum atomic E-state index is 5.73. The second-order valence-corrected chi connectivity index (χ2v) is 5.04. The van der Waals surface area contributed by atoms with Crippen molar-refractivity contribution >= 4 is 15.9 Å². The van der Waals surface area contributed by atoms with Crippen molar-refractivity contribution < 1.29 is 4.74 Å². The van der Waals surface area contributed by atoms with E-state index in [-0.39, 0.29) is 0 Å². The molecule has 2 rings (SSSR count). The Morgan fingerprint density at radius 1 is 1.00 bits per heavy atom. The van der Waals surface area contributed by atoms with Gasteiger partial charge in [-0.1, -0.05) is 45.8 Å². The molecule has 0 aromatic heterocycles. The maximum absolute atomic E-state index is 5.73. The average Bonchev–Trinajstić information content (AvgIpc) is 2.33. The predicted molar refractivity (Wildman–Crippen MR) is 74.4 cm³/mol. The van der Waals surface area contributed by atoms with Crippen LogP contribution in [0.25, 0.3) is 0 Å². The second-order valence-electron chi connectivity index (χ2n) is 4.19. The van der Waals surface area contributed by atoms with Crippen LogP contribution in [-0.4, -0.2) is 0 Å². The molecule has 0 amide bonds. The Hall–Kier alpha value is -1.28. The first kappa shape index (κ1) is 12.2. The third-order valence-electron chi connectivity index (χ3n) is 2.65. The van der Waals surface area contributed by atoms with Crippen LogP contribution in [0.15, 0.2) is 46.9 Å². The molecule has 0 saturated carbocycles. The molecule has 2 aromatic rings. The Labute approximate surface area is 111 Å². The molecule has 88 valence electrons. The van der Waals surface area contributed by atoms with E-state index in [0.717, 1.165) is 10.2 Å². The normalized spacial score (nSPS) is 10.3. The maximum Gasteiger partial charge on any atom is 0.119 e.